The maximum absolute atomic E-state index is 12.0. The van der Waals surface area contributed by atoms with E-state index in [4.69, 9.17) is 5.73 Å². The Kier molecular flexibility index (Phi) is 4.52. The molecule has 0 aliphatic carbocycles. The zero-order chi connectivity index (χ0) is 13.7. The Labute approximate surface area is 120 Å². The van der Waals surface area contributed by atoms with Gasteiger partial charge in [0, 0.05) is 35.0 Å². The molecule has 98 valence electrons. The average Bonchev–Trinajstić information content (AvgIpc) is 2.42. The molecule has 0 spiro atoms. The van der Waals surface area contributed by atoms with Gasteiger partial charge in [0.25, 0.3) is 5.91 Å². The van der Waals surface area contributed by atoms with Crippen LogP contribution < -0.4 is 11.1 Å². The molecule has 4 nitrogen and oxygen atoms in total. The number of carbonyl (C=O) groups is 1. The molecule has 0 saturated carbocycles. The maximum Gasteiger partial charge on any atom is 0.252 e. The molecule has 0 unspecified atom stereocenters. The van der Waals surface area contributed by atoms with Crippen molar-refractivity contribution in [3.63, 3.8) is 0 Å². The first kappa shape index (κ1) is 13.5. The Bertz CT molecular complexity index is 572. The number of aromatic nitrogens is 1. The summed E-state index contributed by atoms with van der Waals surface area (Å²) in [6.45, 7) is 0.539. The summed E-state index contributed by atoms with van der Waals surface area (Å²) in [6.07, 6.45) is 2.44. The van der Waals surface area contributed by atoms with Crippen LogP contribution in [0.1, 0.15) is 16.1 Å². The van der Waals surface area contributed by atoms with Crippen molar-refractivity contribution in [1.82, 2.24) is 10.3 Å². The van der Waals surface area contributed by atoms with Crippen LogP contribution in [-0.4, -0.2) is 17.4 Å². The van der Waals surface area contributed by atoms with Crippen molar-refractivity contribution in [3.05, 3.63) is 58.3 Å². The van der Waals surface area contributed by atoms with Crippen LogP contribution in [0.25, 0.3) is 0 Å². The van der Waals surface area contributed by atoms with E-state index in [2.05, 4.69) is 26.2 Å². The molecule has 19 heavy (non-hydrogen) atoms. The van der Waals surface area contributed by atoms with E-state index < -0.39 is 0 Å². The SMILES string of the molecule is Nc1ccc(Br)c(C(=O)NCCc2ccccn2)c1. The van der Waals surface area contributed by atoms with Crippen LogP contribution in [0.15, 0.2) is 47.1 Å². The monoisotopic (exact) mass is 319 g/mol. The van der Waals surface area contributed by atoms with Gasteiger partial charge in [-0.05, 0) is 46.3 Å². The van der Waals surface area contributed by atoms with Gasteiger partial charge < -0.3 is 11.1 Å². The standard InChI is InChI=1S/C14H14BrN3O/c15-13-5-4-10(16)9-12(13)14(19)18-8-6-11-3-1-2-7-17-11/h1-5,7,9H,6,8,16H2,(H,18,19). The van der Waals surface area contributed by atoms with Crippen molar-refractivity contribution < 1.29 is 4.79 Å². The van der Waals surface area contributed by atoms with E-state index in [0.717, 1.165) is 10.2 Å². The van der Waals surface area contributed by atoms with Crippen molar-refractivity contribution in [3.8, 4) is 0 Å². The summed E-state index contributed by atoms with van der Waals surface area (Å²) in [5.41, 5.74) is 7.74. The Morgan fingerprint density at radius 1 is 1.32 bits per heavy atom. The number of amides is 1. The van der Waals surface area contributed by atoms with Gasteiger partial charge >= 0.3 is 0 Å². The number of nitrogens with one attached hydrogen (secondary N) is 1. The quantitative estimate of drug-likeness (QED) is 0.850. The van der Waals surface area contributed by atoms with Gasteiger partial charge in [-0.1, -0.05) is 6.07 Å². The zero-order valence-electron chi connectivity index (χ0n) is 10.3. The van der Waals surface area contributed by atoms with Crippen molar-refractivity contribution >= 4 is 27.5 Å². The third kappa shape index (κ3) is 3.79. The van der Waals surface area contributed by atoms with Crippen LogP contribution in [-0.2, 0) is 6.42 Å². The second-order valence-corrected chi connectivity index (χ2v) is 4.92. The number of carbonyl (C=O) groups excluding carboxylic acids is 1. The van der Waals surface area contributed by atoms with Crippen molar-refractivity contribution in [2.75, 3.05) is 12.3 Å². The van der Waals surface area contributed by atoms with E-state index in [0.29, 0.717) is 24.2 Å². The molecule has 0 radical (unpaired) electrons. The number of anilines is 1. The minimum atomic E-state index is -0.143. The molecule has 1 aromatic heterocycles. The van der Waals surface area contributed by atoms with Gasteiger partial charge in [-0.3, -0.25) is 9.78 Å². The molecule has 0 saturated heterocycles. The average molecular weight is 320 g/mol. The lowest BCUT2D eigenvalue weighted by atomic mass is 10.2. The van der Waals surface area contributed by atoms with Gasteiger partial charge in [-0.25, -0.2) is 0 Å². The number of rotatable bonds is 4. The summed E-state index contributed by atoms with van der Waals surface area (Å²) < 4.78 is 0.733. The van der Waals surface area contributed by atoms with E-state index >= 15 is 0 Å². The third-order valence-electron chi connectivity index (χ3n) is 2.63. The summed E-state index contributed by atoms with van der Waals surface area (Å²) in [5, 5.41) is 2.85. The van der Waals surface area contributed by atoms with Crippen LogP contribution in [0, 0.1) is 0 Å². The topological polar surface area (TPSA) is 68.0 Å². The van der Waals surface area contributed by atoms with E-state index in [1.807, 2.05) is 18.2 Å². The highest BCUT2D eigenvalue weighted by Crippen LogP contribution is 2.19. The fraction of sp³-hybridized carbons (Fsp3) is 0.143. The van der Waals surface area contributed by atoms with Crippen molar-refractivity contribution in [1.29, 1.82) is 0 Å². The zero-order valence-corrected chi connectivity index (χ0v) is 11.9. The highest BCUT2D eigenvalue weighted by molar-refractivity contribution is 9.10. The minimum absolute atomic E-state index is 0.143. The number of nitrogens with two attached hydrogens (primary N) is 1. The van der Waals surface area contributed by atoms with Crippen LogP contribution in [0.5, 0.6) is 0 Å². The first-order valence-electron chi connectivity index (χ1n) is 5.90. The Balaban J connectivity index is 1.93. The predicted molar refractivity (Wildman–Crippen MR) is 78.8 cm³/mol. The van der Waals surface area contributed by atoms with Gasteiger partial charge in [-0.15, -0.1) is 0 Å². The van der Waals surface area contributed by atoms with E-state index in [-0.39, 0.29) is 5.91 Å². The molecular weight excluding hydrogens is 306 g/mol. The van der Waals surface area contributed by atoms with Gasteiger partial charge in [0.15, 0.2) is 0 Å². The Morgan fingerprint density at radius 3 is 2.89 bits per heavy atom. The van der Waals surface area contributed by atoms with Crippen LogP contribution in [0.3, 0.4) is 0 Å². The van der Waals surface area contributed by atoms with Gasteiger partial charge in [-0.2, -0.15) is 0 Å². The molecular formula is C14H14BrN3O. The second-order valence-electron chi connectivity index (χ2n) is 4.07. The highest BCUT2D eigenvalue weighted by Gasteiger charge is 2.09. The third-order valence-corrected chi connectivity index (χ3v) is 3.32. The summed E-state index contributed by atoms with van der Waals surface area (Å²) in [4.78, 5) is 16.2. The molecule has 0 aliphatic rings. The normalized spacial score (nSPS) is 10.2. The smallest absolute Gasteiger partial charge is 0.252 e. The van der Waals surface area contributed by atoms with Crippen LogP contribution in [0.2, 0.25) is 0 Å². The van der Waals surface area contributed by atoms with Crippen LogP contribution >= 0.6 is 15.9 Å². The van der Waals surface area contributed by atoms with Gasteiger partial charge in [0.2, 0.25) is 0 Å². The molecule has 1 aromatic carbocycles. The van der Waals surface area contributed by atoms with E-state index in [9.17, 15) is 4.79 Å². The lowest BCUT2D eigenvalue weighted by Crippen LogP contribution is -2.26. The second kappa shape index (κ2) is 6.33. The molecule has 1 heterocycles. The first-order chi connectivity index (χ1) is 9.16. The summed E-state index contributed by atoms with van der Waals surface area (Å²) >= 11 is 3.34. The van der Waals surface area contributed by atoms with Crippen molar-refractivity contribution in [2.45, 2.75) is 6.42 Å². The highest BCUT2D eigenvalue weighted by atomic mass is 79.9. The molecule has 0 aliphatic heterocycles. The molecule has 0 atom stereocenters. The number of benzene rings is 1. The minimum Gasteiger partial charge on any atom is -0.399 e. The summed E-state index contributed by atoms with van der Waals surface area (Å²) in [5.74, 6) is -0.143. The van der Waals surface area contributed by atoms with Gasteiger partial charge in [0.05, 0.1) is 5.56 Å². The molecule has 0 fully saturated rings. The maximum atomic E-state index is 12.0. The van der Waals surface area contributed by atoms with Crippen molar-refractivity contribution in [2.24, 2.45) is 0 Å². The Morgan fingerprint density at radius 2 is 2.16 bits per heavy atom. The number of hydrogen-bond acceptors (Lipinski definition) is 3. The first-order valence-corrected chi connectivity index (χ1v) is 6.69. The van der Waals surface area contributed by atoms with E-state index in [1.165, 1.54) is 0 Å². The Hall–Kier alpha value is -1.88. The molecule has 5 heteroatoms. The lowest BCUT2D eigenvalue weighted by molar-refractivity contribution is 0.0953. The number of nitrogen functional groups attached to an aromatic ring is 1. The lowest BCUT2D eigenvalue weighted by Gasteiger charge is -2.07. The van der Waals surface area contributed by atoms with Gasteiger partial charge in [0.1, 0.15) is 0 Å². The number of pyridine rings is 1. The summed E-state index contributed by atoms with van der Waals surface area (Å²) in [7, 11) is 0. The molecule has 2 rings (SSSR count). The molecule has 1 amide bonds. The summed E-state index contributed by atoms with van der Waals surface area (Å²) in [6, 6.07) is 10.9. The predicted octanol–water partition coefficient (Wildman–Crippen LogP) is 2.40. The number of nitrogens with zero attached hydrogens (tertiary/aromatic N) is 1. The molecule has 0 bridgehead atoms. The number of hydrogen-bond donors (Lipinski definition) is 2. The molecule has 2 aromatic rings. The van der Waals surface area contributed by atoms with Crippen LogP contribution in [0.4, 0.5) is 5.69 Å². The van der Waals surface area contributed by atoms with E-state index in [1.54, 1.807) is 24.4 Å². The fourth-order valence-corrected chi connectivity index (χ4v) is 2.09. The number of halogens is 1. The fourth-order valence-electron chi connectivity index (χ4n) is 1.66. The largest absolute Gasteiger partial charge is 0.399 e. The molecule has 3 N–H and O–H groups in total.